The number of hydrogen-bond acceptors (Lipinski definition) is 5. The molecule has 1 aliphatic carbocycles. The Balaban J connectivity index is 1.51. The zero-order valence-electron chi connectivity index (χ0n) is 16.6. The Bertz CT molecular complexity index is 932. The van der Waals surface area contributed by atoms with E-state index >= 15 is 0 Å². The second-order valence-corrected chi connectivity index (χ2v) is 8.96. The van der Waals surface area contributed by atoms with Gasteiger partial charge in [-0.05, 0) is 31.2 Å². The van der Waals surface area contributed by atoms with Gasteiger partial charge in [-0.25, -0.2) is 0 Å². The summed E-state index contributed by atoms with van der Waals surface area (Å²) in [4.78, 5) is 40.9. The van der Waals surface area contributed by atoms with E-state index in [1.807, 2.05) is 17.5 Å². The van der Waals surface area contributed by atoms with Crippen LogP contribution in [-0.4, -0.2) is 51.0 Å². The molecule has 154 valence electrons. The van der Waals surface area contributed by atoms with Crippen LogP contribution in [0.4, 0.5) is 0 Å². The van der Waals surface area contributed by atoms with Crippen molar-refractivity contribution in [2.24, 2.45) is 0 Å². The summed E-state index contributed by atoms with van der Waals surface area (Å²) in [5.74, 6) is -0.830. The second-order valence-electron chi connectivity index (χ2n) is 7.93. The van der Waals surface area contributed by atoms with Crippen LogP contribution in [0.25, 0.3) is 0 Å². The van der Waals surface area contributed by atoms with Crippen molar-refractivity contribution in [3.8, 4) is 0 Å². The molecule has 2 aromatic rings. The van der Waals surface area contributed by atoms with Gasteiger partial charge in [-0.15, -0.1) is 11.3 Å². The largest absolute Gasteiger partial charge is 0.351 e. The van der Waals surface area contributed by atoms with Crippen molar-refractivity contribution in [1.29, 1.82) is 0 Å². The summed E-state index contributed by atoms with van der Waals surface area (Å²) in [6.07, 6.45) is 4.18. The predicted octanol–water partition coefficient (Wildman–Crippen LogP) is 1.78. The number of aromatic nitrogens is 2. The van der Waals surface area contributed by atoms with Crippen molar-refractivity contribution < 1.29 is 14.4 Å². The van der Waals surface area contributed by atoms with Gasteiger partial charge in [0.15, 0.2) is 5.69 Å². The number of rotatable bonds is 5. The second kappa shape index (κ2) is 7.62. The van der Waals surface area contributed by atoms with Crippen molar-refractivity contribution in [3.05, 3.63) is 39.8 Å². The lowest BCUT2D eigenvalue weighted by Crippen LogP contribution is -2.63. The molecule has 0 aromatic carbocycles. The zero-order chi connectivity index (χ0) is 20.6. The first-order valence-electron chi connectivity index (χ1n) is 9.86. The fourth-order valence-electron chi connectivity index (χ4n) is 3.92. The van der Waals surface area contributed by atoms with E-state index in [9.17, 15) is 14.4 Å². The van der Waals surface area contributed by atoms with E-state index in [0.29, 0.717) is 12.2 Å². The molecule has 1 atom stereocenters. The fraction of sp³-hybridized carbons (Fsp3) is 0.500. The molecule has 1 saturated carbocycles. The molecule has 1 fully saturated rings. The Morgan fingerprint density at radius 1 is 1.34 bits per heavy atom. The normalized spacial score (nSPS) is 21.9. The highest BCUT2D eigenvalue weighted by Crippen LogP contribution is 2.27. The molecule has 2 N–H and O–H groups in total. The minimum Gasteiger partial charge on any atom is -0.351 e. The van der Waals surface area contributed by atoms with Gasteiger partial charge in [0, 0.05) is 24.0 Å². The average molecular weight is 416 g/mol. The molecule has 3 heterocycles. The van der Waals surface area contributed by atoms with Crippen LogP contribution in [0.5, 0.6) is 0 Å². The molecule has 4 rings (SSSR count). The quantitative estimate of drug-likeness (QED) is 0.778. The van der Waals surface area contributed by atoms with Crippen LogP contribution in [0.15, 0.2) is 23.6 Å². The lowest BCUT2D eigenvalue weighted by Gasteiger charge is -2.41. The lowest BCUT2D eigenvalue weighted by atomic mass is 9.95. The van der Waals surface area contributed by atoms with Gasteiger partial charge < -0.3 is 15.5 Å². The molecule has 0 saturated heterocycles. The molecule has 2 aliphatic rings. The smallest absolute Gasteiger partial charge is 0.272 e. The number of carbonyl (C=O) groups excluding carboxylic acids is 3. The summed E-state index contributed by atoms with van der Waals surface area (Å²) in [6.45, 7) is 2.37. The third-order valence-corrected chi connectivity index (χ3v) is 6.79. The first-order valence-corrected chi connectivity index (χ1v) is 10.7. The number of amides is 3. The maximum absolute atomic E-state index is 13.0. The number of nitrogens with zero attached hydrogens (tertiary/aromatic N) is 3. The third-order valence-electron chi connectivity index (χ3n) is 5.92. The van der Waals surface area contributed by atoms with Crippen LogP contribution in [0.3, 0.4) is 0 Å². The van der Waals surface area contributed by atoms with Crippen molar-refractivity contribution in [3.63, 3.8) is 0 Å². The number of thiophene rings is 1. The minimum absolute atomic E-state index is 0.167. The third kappa shape index (κ3) is 3.66. The first-order chi connectivity index (χ1) is 13.9. The minimum atomic E-state index is -1.05. The van der Waals surface area contributed by atoms with Gasteiger partial charge in [0.05, 0.1) is 13.1 Å². The number of hydrogen-bond donors (Lipinski definition) is 2. The van der Waals surface area contributed by atoms with Crippen LogP contribution in [-0.2, 0) is 17.9 Å². The Kier molecular flexibility index (Phi) is 5.16. The molecule has 9 heteroatoms. The van der Waals surface area contributed by atoms with Gasteiger partial charge in [-0.3, -0.25) is 19.1 Å². The molecule has 1 aliphatic heterocycles. The van der Waals surface area contributed by atoms with E-state index in [1.165, 1.54) is 15.6 Å². The maximum Gasteiger partial charge on any atom is 0.272 e. The van der Waals surface area contributed by atoms with Crippen molar-refractivity contribution in [1.82, 2.24) is 25.3 Å². The van der Waals surface area contributed by atoms with E-state index < -0.39 is 5.54 Å². The molecule has 0 bridgehead atoms. The van der Waals surface area contributed by atoms with Gasteiger partial charge in [0.2, 0.25) is 5.91 Å². The molecular formula is C20H25N5O3S. The number of carbonyl (C=O) groups is 3. The summed E-state index contributed by atoms with van der Waals surface area (Å²) in [5.41, 5.74) is -0.553. The average Bonchev–Trinajstić information content (AvgIpc) is 3.45. The van der Waals surface area contributed by atoms with Crippen LogP contribution in [0.1, 0.15) is 58.5 Å². The summed E-state index contributed by atoms with van der Waals surface area (Å²) >= 11 is 1.56. The first kappa shape index (κ1) is 19.6. The molecule has 0 unspecified atom stereocenters. The zero-order valence-corrected chi connectivity index (χ0v) is 17.4. The maximum atomic E-state index is 13.0. The molecule has 8 nitrogen and oxygen atoms in total. The van der Waals surface area contributed by atoms with Crippen molar-refractivity contribution >= 4 is 29.1 Å². The van der Waals surface area contributed by atoms with Crippen LogP contribution >= 0.6 is 11.3 Å². The summed E-state index contributed by atoms with van der Waals surface area (Å²) < 4.78 is 1.48. The molecule has 29 heavy (non-hydrogen) atoms. The molecule has 0 spiro atoms. The van der Waals surface area contributed by atoms with Gasteiger partial charge in [-0.1, -0.05) is 18.9 Å². The Morgan fingerprint density at radius 2 is 2.10 bits per heavy atom. The summed E-state index contributed by atoms with van der Waals surface area (Å²) in [7, 11) is 1.63. The predicted molar refractivity (Wildman–Crippen MR) is 109 cm³/mol. The Morgan fingerprint density at radius 3 is 2.79 bits per heavy atom. The van der Waals surface area contributed by atoms with Crippen LogP contribution in [0.2, 0.25) is 0 Å². The molecule has 0 radical (unpaired) electrons. The van der Waals surface area contributed by atoms with Crippen LogP contribution in [0, 0.1) is 0 Å². The highest BCUT2D eigenvalue weighted by Gasteiger charge is 2.46. The van der Waals surface area contributed by atoms with Crippen molar-refractivity contribution in [2.45, 2.75) is 57.3 Å². The van der Waals surface area contributed by atoms with E-state index in [2.05, 4.69) is 15.7 Å². The van der Waals surface area contributed by atoms with E-state index in [-0.39, 0.29) is 36.0 Å². The summed E-state index contributed by atoms with van der Waals surface area (Å²) in [6, 6.07) is 5.53. The molecular weight excluding hydrogens is 390 g/mol. The SMILES string of the molecule is CN1C(=O)c2cc(C(=O)NCc3cccs3)nn2C[C@@]1(C)C(=O)NC1CCCC1. The van der Waals surface area contributed by atoms with Gasteiger partial charge in [-0.2, -0.15) is 5.10 Å². The Labute approximate surface area is 173 Å². The topological polar surface area (TPSA) is 96.3 Å². The van der Waals surface area contributed by atoms with Crippen LogP contribution < -0.4 is 10.6 Å². The van der Waals surface area contributed by atoms with Gasteiger partial charge in [0.1, 0.15) is 11.2 Å². The highest BCUT2D eigenvalue weighted by atomic mass is 32.1. The molecule has 2 aromatic heterocycles. The summed E-state index contributed by atoms with van der Waals surface area (Å²) in [5, 5.41) is 12.2. The molecule has 3 amide bonds. The number of likely N-dealkylation sites (N-methyl/N-ethyl adjacent to an activating group) is 1. The number of nitrogens with one attached hydrogen (secondary N) is 2. The highest BCUT2D eigenvalue weighted by molar-refractivity contribution is 7.09. The Hall–Kier alpha value is -2.68. The monoisotopic (exact) mass is 415 g/mol. The van der Waals surface area contributed by atoms with Gasteiger partial charge in [0.25, 0.3) is 11.8 Å². The van der Waals surface area contributed by atoms with E-state index in [1.54, 1.807) is 25.3 Å². The van der Waals surface area contributed by atoms with Crippen molar-refractivity contribution in [2.75, 3.05) is 7.05 Å². The lowest BCUT2D eigenvalue weighted by molar-refractivity contribution is -0.133. The fourth-order valence-corrected chi connectivity index (χ4v) is 4.56. The van der Waals surface area contributed by atoms with E-state index in [0.717, 1.165) is 30.6 Å². The van der Waals surface area contributed by atoms with Gasteiger partial charge >= 0.3 is 0 Å². The standard InChI is InChI=1S/C20H25N5O3S/c1-20(19(28)22-13-6-3-4-7-13)12-25-16(18(27)24(20)2)10-15(23-25)17(26)21-11-14-8-5-9-29-14/h5,8-10,13H,3-4,6-7,11-12H2,1-2H3,(H,21,26)(H,22,28)/t20-/m0/s1. The van der Waals surface area contributed by atoms with E-state index in [4.69, 9.17) is 0 Å². The number of fused-ring (bicyclic) bond motifs is 1.